The van der Waals surface area contributed by atoms with Gasteiger partial charge in [-0.2, -0.15) is 0 Å². The second kappa shape index (κ2) is 5.92. The largest absolute Gasteiger partial charge is 0.349 e. The number of carbonyl (C=O) groups is 1. The fraction of sp³-hybridized carbons (Fsp3) is 0.562. The number of carbonyl (C=O) groups excluding carboxylic acids is 1. The van der Waals surface area contributed by atoms with Crippen molar-refractivity contribution >= 4 is 5.91 Å². The first-order chi connectivity index (χ1) is 9.39. The van der Waals surface area contributed by atoms with Gasteiger partial charge in [0, 0.05) is 12.0 Å². The molecule has 0 saturated heterocycles. The van der Waals surface area contributed by atoms with E-state index >= 15 is 0 Å². The smallest absolute Gasteiger partial charge is 0.222 e. The Kier molecular flexibility index (Phi) is 4.43. The lowest BCUT2D eigenvalue weighted by atomic mass is 9.75. The molecule has 0 radical (unpaired) electrons. The summed E-state index contributed by atoms with van der Waals surface area (Å²) in [6.45, 7) is 4.08. The third kappa shape index (κ3) is 3.57. The highest BCUT2D eigenvalue weighted by Gasteiger charge is 2.35. The van der Waals surface area contributed by atoms with Gasteiger partial charge in [0.15, 0.2) is 0 Å². The van der Waals surface area contributed by atoms with Gasteiger partial charge in [0.2, 0.25) is 5.91 Å². The van der Waals surface area contributed by atoms with Crippen LogP contribution >= 0.6 is 0 Å². The molecule has 1 amide bonds. The van der Waals surface area contributed by atoms with Crippen molar-refractivity contribution in [2.24, 2.45) is 11.7 Å². The maximum atomic E-state index is 13.0. The monoisotopic (exact) mass is 278 g/mol. The maximum absolute atomic E-state index is 13.0. The van der Waals surface area contributed by atoms with Crippen LogP contribution in [0.4, 0.5) is 4.39 Å². The molecule has 0 aromatic heterocycles. The molecular formula is C16H23FN2O. The van der Waals surface area contributed by atoms with Crippen LogP contribution in [0.15, 0.2) is 24.3 Å². The van der Waals surface area contributed by atoms with Crippen molar-refractivity contribution in [2.45, 2.75) is 51.1 Å². The molecular weight excluding hydrogens is 255 g/mol. The Morgan fingerprint density at radius 3 is 2.40 bits per heavy atom. The summed E-state index contributed by atoms with van der Waals surface area (Å²) in [5, 5.41) is 3.04. The minimum atomic E-state index is -0.311. The molecule has 2 rings (SSSR count). The predicted molar refractivity (Wildman–Crippen MR) is 77.5 cm³/mol. The van der Waals surface area contributed by atoms with Gasteiger partial charge in [-0.3, -0.25) is 4.79 Å². The number of amides is 1. The van der Waals surface area contributed by atoms with E-state index in [9.17, 15) is 9.18 Å². The van der Waals surface area contributed by atoms with Crippen molar-refractivity contribution in [1.29, 1.82) is 0 Å². The molecule has 110 valence electrons. The van der Waals surface area contributed by atoms with E-state index < -0.39 is 0 Å². The summed E-state index contributed by atoms with van der Waals surface area (Å²) in [4.78, 5) is 12.1. The van der Waals surface area contributed by atoms with E-state index in [2.05, 4.69) is 5.32 Å². The maximum Gasteiger partial charge on any atom is 0.222 e. The number of nitrogens with two attached hydrogens (primary N) is 1. The summed E-state index contributed by atoms with van der Waals surface area (Å²) < 4.78 is 13.0. The molecule has 1 unspecified atom stereocenters. The fourth-order valence-electron chi connectivity index (χ4n) is 2.66. The Morgan fingerprint density at radius 1 is 1.35 bits per heavy atom. The van der Waals surface area contributed by atoms with Crippen molar-refractivity contribution < 1.29 is 9.18 Å². The molecule has 1 saturated carbocycles. The van der Waals surface area contributed by atoms with Crippen LogP contribution in [-0.2, 0) is 4.79 Å². The lowest BCUT2D eigenvalue weighted by Crippen LogP contribution is -2.50. The molecule has 20 heavy (non-hydrogen) atoms. The van der Waals surface area contributed by atoms with E-state index in [1.165, 1.54) is 12.1 Å². The standard InChI is InChI=1S/C16H23FN2O/c1-11(2)15(12-4-6-13(17)7-5-12)19-14(20)10-16(18)8-3-9-16/h4-7,11,15H,3,8-10,18H2,1-2H3,(H,19,20). The van der Waals surface area contributed by atoms with Gasteiger partial charge in [-0.05, 0) is 42.9 Å². The molecule has 1 aliphatic rings. The first kappa shape index (κ1) is 15.0. The van der Waals surface area contributed by atoms with Crippen LogP contribution in [0.3, 0.4) is 0 Å². The minimum absolute atomic E-state index is 0.0183. The summed E-state index contributed by atoms with van der Waals surface area (Å²) in [5.74, 6) is -0.0484. The molecule has 1 aromatic carbocycles. The fourth-order valence-corrected chi connectivity index (χ4v) is 2.66. The number of hydrogen-bond donors (Lipinski definition) is 2. The summed E-state index contributed by atoms with van der Waals surface area (Å²) in [6, 6.07) is 6.19. The van der Waals surface area contributed by atoms with Gasteiger partial charge in [-0.15, -0.1) is 0 Å². The normalized spacial score (nSPS) is 18.4. The van der Waals surface area contributed by atoms with Gasteiger partial charge in [0.25, 0.3) is 0 Å². The molecule has 0 aliphatic heterocycles. The van der Waals surface area contributed by atoms with Crippen LogP contribution in [0, 0.1) is 11.7 Å². The number of benzene rings is 1. The highest BCUT2D eigenvalue weighted by Crippen LogP contribution is 2.32. The van der Waals surface area contributed by atoms with Gasteiger partial charge >= 0.3 is 0 Å². The lowest BCUT2D eigenvalue weighted by Gasteiger charge is -2.38. The average molecular weight is 278 g/mol. The zero-order valence-corrected chi connectivity index (χ0v) is 12.2. The second-order valence-corrected chi connectivity index (χ2v) is 6.23. The van der Waals surface area contributed by atoms with Crippen LogP contribution in [0.2, 0.25) is 0 Å². The van der Waals surface area contributed by atoms with Crippen molar-refractivity contribution in [3.8, 4) is 0 Å². The summed E-state index contributed by atoms with van der Waals surface area (Å²) in [6.07, 6.45) is 3.32. The molecule has 4 heteroatoms. The van der Waals surface area contributed by atoms with E-state index in [0.29, 0.717) is 6.42 Å². The van der Waals surface area contributed by atoms with Crippen molar-refractivity contribution in [1.82, 2.24) is 5.32 Å². The molecule has 3 nitrogen and oxygen atoms in total. The molecule has 1 atom stereocenters. The summed E-state index contributed by atoms with van der Waals surface area (Å²) in [5.41, 5.74) is 6.72. The highest BCUT2D eigenvalue weighted by molar-refractivity contribution is 5.78. The molecule has 0 heterocycles. The Hall–Kier alpha value is -1.42. The second-order valence-electron chi connectivity index (χ2n) is 6.23. The van der Waals surface area contributed by atoms with Gasteiger partial charge < -0.3 is 11.1 Å². The third-order valence-corrected chi connectivity index (χ3v) is 4.07. The van der Waals surface area contributed by atoms with Crippen molar-refractivity contribution in [2.75, 3.05) is 0 Å². The molecule has 1 aliphatic carbocycles. The number of nitrogens with one attached hydrogen (secondary N) is 1. The lowest BCUT2D eigenvalue weighted by molar-refractivity contribution is -0.124. The van der Waals surface area contributed by atoms with E-state index in [1.54, 1.807) is 12.1 Å². The van der Waals surface area contributed by atoms with E-state index in [-0.39, 0.29) is 29.2 Å². The first-order valence-corrected chi connectivity index (χ1v) is 7.23. The first-order valence-electron chi connectivity index (χ1n) is 7.23. The van der Waals surface area contributed by atoms with Crippen LogP contribution in [0.5, 0.6) is 0 Å². The average Bonchev–Trinajstić information content (AvgIpc) is 2.35. The third-order valence-electron chi connectivity index (χ3n) is 4.07. The van der Waals surface area contributed by atoms with Crippen LogP contribution in [-0.4, -0.2) is 11.4 Å². The quantitative estimate of drug-likeness (QED) is 0.870. The molecule has 1 fully saturated rings. The molecule has 0 bridgehead atoms. The summed E-state index contributed by atoms with van der Waals surface area (Å²) in [7, 11) is 0. The highest BCUT2D eigenvalue weighted by atomic mass is 19.1. The zero-order chi connectivity index (χ0) is 14.8. The van der Waals surface area contributed by atoms with E-state index in [1.807, 2.05) is 13.8 Å². The Balaban J connectivity index is 2.02. The zero-order valence-electron chi connectivity index (χ0n) is 12.2. The van der Waals surface area contributed by atoms with Gasteiger partial charge in [0.05, 0.1) is 6.04 Å². The molecule has 1 aromatic rings. The Labute approximate surface area is 119 Å². The number of rotatable bonds is 5. The number of hydrogen-bond acceptors (Lipinski definition) is 2. The van der Waals surface area contributed by atoms with E-state index in [4.69, 9.17) is 5.73 Å². The van der Waals surface area contributed by atoms with Crippen molar-refractivity contribution in [3.63, 3.8) is 0 Å². The predicted octanol–water partition coefficient (Wildman–Crippen LogP) is 2.91. The number of halogens is 1. The van der Waals surface area contributed by atoms with Crippen molar-refractivity contribution in [3.05, 3.63) is 35.6 Å². The van der Waals surface area contributed by atoms with Crippen LogP contribution in [0.1, 0.15) is 51.1 Å². The Morgan fingerprint density at radius 2 is 1.95 bits per heavy atom. The van der Waals surface area contributed by atoms with Gasteiger partial charge in [-0.1, -0.05) is 26.0 Å². The summed E-state index contributed by atoms with van der Waals surface area (Å²) >= 11 is 0. The molecule has 0 spiro atoms. The molecule has 3 N–H and O–H groups in total. The van der Waals surface area contributed by atoms with E-state index in [0.717, 1.165) is 24.8 Å². The Bertz CT molecular complexity index is 466. The topological polar surface area (TPSA) is 55.1 Å². The van der Waals surface area contributed by atoms with Gasteiger partial charge in [-0.25, -0.2) is 4.39 Å². The minimum Gasteiger partial charge on any atom is -0.349 e. The van der Waals surface area contributed by atoms with Crippen LogP contribution in [0.25, 0.3) is 0 Å². The van der Waals surface area contributed by atoms with Crippen LogP contribution < -0.4 is 11.1 Å². The SMILES string of the molecule is CC(C)C(NC(=O)CC1(N)CCC1)c1ccc(F)cc1. The van der Waals surface area contributed by atoms with Gasteiger partial charge in [0.1, 0.15) is 5.82 Å².